The zero-order valence-corrected chi connectivity index (χ0v) is 13.5. The molecule has 0 bridgehead atoms. The van der Waals surface area contributed by atoms with Crippen LogP contribution in [-0.4, -0.2) is 55.5 Å². The second-order valence-corrected chi connectivity index (χ2v) is 5.92. The second kappa shape index (κ2) is 8.47. The number of hydrogen-bond acceptors (Lipinski definition) is 3. The first-order valence-corrected chi connectivity index (χ1v) is 7.73. The molecule has 1 rings (SSSR count). The van der Waals surface area contributed by atoms with Gasteiger partial charge in [0.15, 0.2) is 0 Å². The molecule has 0 aromatic carbocycles. The highest BCUT2D eigenvalue weighted by Gasteiger charge is 2.25. The number of hydrogen-bond donors (Lipinski definition) is 1. The van der Waals surface area contributed by atoms with E-state index in [0.29, 0.717) is 25.6 Å². The number of urea groups is 1. The number of carbonyl (C=O) groups is 1. The van der Waals surface area contributed by atoms with E-state index in [0.717, 1.165) is 13.0 Å². The topological polar surface area (TPSA) is 50.8 Å². The van der Waals surface area contributed by atoms with E-state index in [-0.39, 0.29) is 24.3 Å². The Kier molecular flexibility index (Phi) is 7.30. The van der Waals surface area contributed by atoms with Gasteiger partial charge in [-0.15, -0.1) is 0 Å². The summed E-state index contributed by atoms with van der Waals surface area (Å²) in [7, 11) is 0. The van der Waals surface area contributed by atoms with Crippen LogP contribution in [0, 0.1) is 5.92 Å². The molecule has 0 spiro atoms. The van der Waals surface area contributed by atoms with Crippen molar-refractivity contribution in [2.75, 3.05) is 26.2 Å². The minimum absolute atomic E-state index is 0.00556. The van der Waals surface area contributed by atoms with Gasteiger partial charge < -0.3 is 19.7 Å². The minimum atomic E-state index is 0.00556. The summed E-state index contributed by atoms with van der Waals surface area (Å²) >= 11 is 0. The third-order valence-corrected chi connectivity index (χ3v) is 3.54. The third kappa shape index (κ3) is 5.67. The highest BCUT2D eigenvalue weighted by atomic mass is 16.5. The molecule has 0 aromatic rings. The van der Waals surface area contributed by atoms with E-state index in [4.69, 9.17) is 9.47 Å². The van der Waals surface area contributed by atoms with Gasteiger partial charge >= 0.3 is 6.03 Å². The van der Waals surface area contributed by atoms with Crippen molar-refractivity contribution in [2.24, 2.45) is 5.92 Å². The van der Waals surface area contributed by atoms with Crippen LogP contribution in [0.1, 0.15) is 41.0 Å². The Labute approximate surface area is 123 Å². The molecular formula is C15H30N2O3. The molecule has 1 saturated heterocycles. The summed E-state index contributed by atoms with van der Waals surface area (Å²) < 4.78 is 11.3. The van der Waals surface area contributed by atoms with Crippen molar-refractivity contribution in [1.82, 2.24) is 10.2 Å². The monoisotopic (exact) mass is 286 g/mol. The number of carbonyl (C=O) groups excluding carboxylic acids is 1. The zero-order valence-electron chi connectivity index (χ0n) is 13.5. The Bertz CT molecular complexity index is 287. The zero-order chi connectivity index (χ0) is 15.1. The summed E-state index contributed by atoms with van der Waals surface area (Å²) in [5.41, 5.74) is 0. The molecular weight excluding hydrogens is 256 g/mol. The molecule has 1 aliphatic rings. The molecule has 1 N–H and O–H groups in total. The lowest BCUT2D eigenvalue weighted by atomic mass is 10.0. The normalized spacial score (nSPS) is 24.8. The quantitative estimate of drug-likeness (QED) is 0.815. The smallest absolute Gasteiger partial charge is 0.317 e. The lowest BCUT2D eigenvalue weighted by molar-refractivity contribution is -0.0546. The molecule has 0 aliphatic carbocycles. The predicted molar refractivity (Wildman–Crippen MR) is 79.8 cm³/mol. The predicted octanol–water partition coefficient (Wildman–Crippen LogP) is 2.26. The first-order chi connectivity index (χ1) is 9.43. The highest BCUT2D eigenvalue weighted by Crippen LogP contribution is 2.12. The fraction of sp³-hybridized carbons (Fsp3) is 0.933. The van der Waals surface area contributed by atoms with Crippen LogP contribution < -0.4 is 5.32 Å². The van der Waals surface area contributed by atoms with Crippen molar-refractivity contribution in [3.63, 3.8) is 0 Å². The summed E-state index contributed by atoms with van der Waals surface area (Å²) in [6.07, 6.45) is 1.28. The molecule has 20 heavy (non-hydrogen) atoms. The van der Waals surface area contributed by atoms with E-state index in [1.54, 1.807) is 0 Å². The maximum Gasteiger partial charge on any atom is 0.317 e. The van der Waals surface area contributed by atoms with Crippen LogP contribution in [0.15, 0.2) is 0 Å². The summed E-state index contributed by atoms with van der Waals surface area (Å²) in [6, 6.07) is 0.00556. The lowest BCUT2D eigenvalue weighted by Crippen LogP contribution is -2.52. The largest absolute Gasteiger partial charge is 0.378 e. The number of nitrogens with one attached hydrogen (secondary N) is 1. The summed E-state index contributed by atoms with van der Waals surface area (Å²) in [6.45, 7) is 13.0. The summed E-state index contributed by atoms with van der Waals surface area (Å²) in [5.74, 6) is 0.468. The first kappa shape index (κ1) is 17.2. The standard InChI is InChI=1S/C15H30N2O3/c1-6-19-14(11(2)3)7-8-16-15(18)17-9-12(4)20-13(5)10-17/h11-14H,6-10H2,1-5H3,(H,16,18). The van der Waals surface area contributed by atoms with E-state index in [9.17, 15) is 4.79 Å². The van der Waals surface area contributed by atoms with Crippen molar-refractivity contribution in [3.8, 4) is 0 Å². The van der Waals surface area contributed by atoms with Crippen LogP contribution >= 0.6 is 0 Å². The molecule has 1 fully saturated rings. The summed E-state index contributed by atoms with van der Waals surface area (Å²) in [5, 5.41) is 2.99. The van der Waals surface area contributed by atoms with Crippen molar-refractivity contribution in [3.05, 3.63) is 0 Å². The van der Waals surface area contributed by atoms with Gasteiger partial charge in [0, 0.05) is 26.2 Å². The first-order valence-electron chi connectivity index (χ1n) is 7.73. The molecule has 1 aliphatic heterocycles. The molecule has 3 unspecified atom stereocenters. The van der Waals surface area contributed by atoms with Gasteiger partial charge in [0.2, 0.25) is 0 Å². The number of morpholine rings is 1. The van der Waals surface area contributed by atoms with Gasteiger partial charge in [0.05, 0.1) is 18.3 Å². The van der Waals surface area contributed by atoms with Crippen LogP contribution in [-0.2, 0) is 9.47 Å². The van der Waals surface area contributed by atoms with E-state index in [1.165, 1.54) is 0 Å². The number of rotatable bonds is 6. The maximum atomic E-state index is 12.1. The Morgan fingerprint density at radius 3 is 2.45 bits per heavy atom. The molecule has 3 atom stereocenters. The van der Waals surface area contributed by atoms with Crippen LogP contribution in [0.4, 0.5) is 4.79 Å². The van der Waals surface area contributed by atoms with E-state index in [2.05, 4.69) is 19.2 Å². The minimum Gasteiger partial charge on any atom is -0.378 e. The van der Waals surface area contributed by atoms with Crippen molar-refractivity contribution >= 4 is 6.03 Å². The van der Waals surface area contributed by atoms with Crippen molar-refractivity contribution in [1.29, 1.82) is 0 Å². The fourth-order valence-electron chi connectivity index (χ4n) is 2.60. The molecule has 1 heterocycles. The number of amides is 2. The highest BCUT2D eigenvalue weighted by molar-refractivity contribution is 5.74. The molecule has 5 nitrogen and oxygen atoms in total. The van der Waals surface area contributed by atoms with Gasteiger partial charge in [-0.2, -0.15) is 0 Å². The van der Waals surface area contributed by atoms with Gasteiger partial charge in [-0.1, -0.05) is 13.8 Å². The average molecular weight is 286 g/mol. The van der Waals surface area contributed by atoms with Crippen LogP contribution in [0.2, 0.25) is 0 Å². The maximum absolute atomic E-state index is 12.1. The molecule has 118 valence electrons. The van der Waals surface area contributed by atoms with E-state index in [1.807, 2.05) is 25.7 Å². The van der Waals surface area contributed by atoms with Gasteiger partial charge in [0.1, 0.15) is 0 Å². The second-order valence-electron chi connectivity index (χ2n) is 5.92. The average Bonchev–Trinajstić information content (AvgIpc) is 2.36. The Hall–Kier alpha value is -0.810. The summed E-state index contributed by atoms with van der Waals surface area (Å²) in [4.78, 5) is 14.0. The molecule has 0 aromatic heterocycles. The van der Waals surface area contributed by atoms with Gasteiger partial charge in [-0.3, -0.25) is 0 Å². The van der Waals surface area contributed by atoms with Crippen molar-refractivity contribution in [2.45, 2.75) is 59.4 Å². The van der Waals surface area contributed by atoms with Gasteiger partial charge in [-0.25, -0.2) is 4.79 Å². The Balaban J connectivity index is 2.31. The van der Waals surface area contributed by atoms with E-state index < -0.39 is 0 Å². The fourth-order valence-corrected chi connectivity index (χ4v) is 2.60. The van der Waals surface area contributed by atoms with Gasteiger partial charge in [-0.05, 0) is 33.1 Å². The number of nitrogens with zero attached hydrogens (tertiary/aromatic N) is 1. The van der Waals surface area contributed by atoms with Crippen LogP contribution in [0.3, 0.4) is 0 Å². The van der Waals surface area contributed by atoms with Crippen molar-refractivity contribution < 1.29 is 14.3 Å². The Morgan fingerprint density at radius 2 is 1.95 bits per heavy atom. The van der Waals surface area contributed by atoms with Crippen LogP contribution in [0.5, 0.6) is 0 Å². The molecule has 0 saturated carbocycles. The van der Waals surface area contributed by atoms with E-state index >= 15 is 0 Å². The van der Waals surface area contributed by atoms with Gasteiger partial charge in [0.25, 0.3) is 0 Å². The molecule has 2 amide bonds. The molecule has 5 heteroatoms. The SMILES string of the molecule is CCOC(CCNC(=O)N1CC(C)OC(C)C1)C(C)C. The van der Waals surface area contributed by atoms with Crippen LogP contribution in [0.25, 0.3) is 0 Å². The lowest BCUT2D eigenvalue weighted by Gasteiger charge is -2.35. The number of ether oxygens (including phenoxy) is 2. The molecule has 0 radical (unpaired) electrons. The third-order valence-electron chi connectivity index (χ3n) is 3.54. The Morgan fingerprint density at radius 1 is 1.35 bits per heavy atom.